The Bertz CT molecular complexity index is 540. The van der Waals surface area contributed by atoms with Crippen molar-refractivity contribution >= 4 is 27.1 Å². The Hall–Kier alpha value is -0.980. The van der Waals surface area contributed by atoms with Crippen LogP contribution in [0.4, 0.5) is 0 Å². The number of rotatable bonds is 3. The van der Waals surface area contributed by atoms with Crippen LogP contribution in [0.2, 0.25) is 0 Å². The third-order valence-corrected chi connectivity index (χ3v) is 3.94. The third-order valence-electron chi connectivity index (χ3n) is 3.19. The van der Waals surface area contributed by atoms with E-state index in [0.29, 0.717) is 6.61 Å². The Morgan fingerprint density at radius 3 is 3.16 bits per heavy atom. The predicted molar refractivity (Wildman–Crippen MR) is 74.7 cm³/mol. The second-order valence-corrected chi connectivity index (χ2v) is 5.49. The van der Waals surface area contributed by atoms with Crippen LogP contribution in [0, 0.1) is 6.92 Å². The zero-order valence-corrected chi connectivity index (χ0v) is 12.4. The van der Waals surface area contributed by atoms with Crippen molar-refractivity contribution in [3.63, 3.8) is 0 Å². The Morgan fingerprint density at radius 1 is 1.47 bits per heavy atom. The maximum Gasteiger partial charge on any atom is 0.158 e. The van der Waals surface area contributed by atoms with Gasteiger partial charge in [0.1, 0.15) is 10.1 Å². The molecule has 1 aliphatic rings. The molecule has 1 fully saturated rings. The Morgan fingerprint density at radius 2 is 2.37 bits per heavy atom. The van der Waals surface area contributed by atoms with Crippen LogP contribution >= 0.6 is 15.9 Å². The van der Waals surface area contributed by atoms with E-state index in [0.717, 1.165) is 46.6 Å². The van der Waals surface area contributed by atoms with Crippen molar-refractivity contribution in [2.45, 2.75) is 39.1 Å². The van der Waals surface area contributed by atoms with Gasteiger partial charge in [-0.1, -0.05) is 0 Å². The van der Waals surface area contributed by atoms with Crippen LogP contribution in [0.3, 0.4) is 0 Å². The first-order valence-electron chi connectivity index (χ1n) is 6.47. The van der Waals surface area contributed by atoms with Crippen LogP contribution in [-0.4, -0.2) is 27.8 Å². The highest BCUT2D eigenvalue weighted by molar-refractivity contribution is 9.10. The summed E-state index contributed by atoms with van der Waals surface area (Å²) in [4.78, 5) is 12.1. The number of nitrogens with one attached hydrogen (secondary N) is 1. The molecule has 0 saturated carbocycles. The summed E-state index contributed by atoms with van der Waals surface area (Å²) in [6.07, 6.45) is 3.20. The molecule has 1 atom stereocenters. The van der Waals surface area contributed by atoms with Gasteiger partial charge in [-0.25, -0.2) is 9.97 Å². The number of aromatic amines is 1. The highest BCUT2D eigenvalue weighted by Gasteiger charge is 2.15. The molecule has 0 aliphatic carbocycles. The van der Waals surface area contributed by atoms with Gasteiger partial charge in [0.15, 0.2) is 11.9 Å². The average Bonchev–Trinajstić information content (AvgIpc) is 2.80. The van der Waals surface area contributed by atoms with Gasteiger partial charge in [0, 0.05) is 12.3 Å². The highest BCUT2D eigenvalue weighted by atomic mass is 79.9. The summed E-state index contributed by atoms with van der Waals surface area (Å²) in [6, 6.07) is 1.97. The van der Waals surface area contributed by atoms with Crippen molar-refractivity contribution in [2.75, 3.05) is 6.61 Å². The first kappa shape index (κ1) is 13.0. The molecule has 1 unspecified atom stereocenters. The summed E-state index contributed by atoms with van der Waals surface area (Å²) in [6.45, 7) is 3.22. The zero-order chi connectivity index (χ0) is 13.2. The van der Waals surface area contributed by atoms with Gasteiger partial charge in [0.05, 0.1) is 12.3 Å². The third kappa shape index (κ3) is 2.96. The number of aromatic nitrogens is 3. The van der Waals surface area contributed by atoms with Crippen LogP contribution in [0.5, 0.6) is 0 Å². The molecule has 2 aromatic rings. The molecule has 2 aromatic heterocycles. The van der Waals surface area contributed by atoms with Crippen molar-refractivity contribution in [3.8, 4) is 0 Å². The molecule has 0 bridgehead atoms. The number of fused-ring (bicyclic) bond motifs is 1. The summed E-state index contributed by atoms with van der Waals surface area (Å²) in [5.41, 5.74) is 3.49. The van der Waals surface area contributed by atoms with E-state index in [-0.39, 0.29) is 6.29 Å². The van der Waals surface area contributed by atoms with Gasteiger partial charge >= 0.3 is 0 Å². The Kier molecular flexibility index (Phi) is 3.81. The van der Waals surface area contributed by atoms with E-state index in [2.05, 4.69) is 30.9 Å². The maximum absolute atomic E-state index is 5.74. The molecule has 0 spiro atoms. The van der Waals surface area contributed by atoms with E-state index >= 15 is 0 Å². The molecular weight excluding hydrogens is 310 g/mol. The fraction of sp³-hybridized carbons (Fsp3) is 0.538. The maximum atomic E-state index is 5.74. The van der Waals surface area contributed by atoms with Crippen LogP contribution in [0.15, 0.2) is 10.7 Å². The minimum absolute atomic E-state index is 0.0745. The molecule has 3 heterocycles. The minimum Gasteiger partial charge on any atom is -0.353 e. The van der Waals surface area contributed by atoms with Crippen molar-refractivity contribution in [1.29, 1.82) is 0 Å². The van der Waals surface area contributed by atoms with Crippen molar-refractivity contribution in [2.24, 2.45) is 0 Å². The molecule has 102 valence electrons. The van der Waals surface area contributed by atoms with Gasteiger partial charge in [-0.3, -0.25) is 0 Å². The fourth-order valence-electron chi connectivity index (χ4n) is 2.16. The second-order valence-electron chi connectivity index (χ2n) is 4.74. The number of aryl methyl sites for hydroxylation is 1. The number of halogens is 1. The van der Waals surface area contributed by atoms with Crippen molar-refractivity contribution in [3.05, 3.63) is 22.1 Å². The molecule has 1 saturated heterocycles. The summed E-state index contributed by atoms with van der Waals surface area (Å²) in [7, 11) is 0. The largest absolute Gasteiger partial charge is 0.353 e. The lowest BCUT2D eigenvalue weighted by atomic mass is 10.2. The predicted octanol–water partition coefficient (Wildman–Crippen LogP) is 3.07. The summed E-state index contributed by atoms with van der Waals surface area (Å²) >= 11 is 3.39. The molecule has 0 radical (unpaired) electrons. The number of hydrogen-bond acceptors (Lipinski definition) is 4. The normalized spacial score (nSPS) is 20.0. The number of hydrogen-bond donors (Lipinski definition) is 1. The van der Waals surface area contributed by atoms with Crippen LogP contribution in [0.25, 0.3) is 11.2 Å². The van der Waals surface area contributed by atoms with Gasteiger partial charge < -0.3 is 14.5 Å². The summed E-state index contributed by atoms with van der Waals surface area (Å²) in [5.74, 6) is 0. The standard InChI is InChI=1S/C13H16BrN3O2/c1-8-12(14)17-10-6-9(16-13(10)15-8)7-19-11-4-2-3-5-18-11/h6,11H,2-5,7H2,1H3,(H,15,16). The number of ether oxygens (including phenoxy) is 2. The number of H-pyrrole nitrogens is 1. The van der Waals surface area contributed by atoms with E-state index in [1.54, 1.807) is 0 Å². The molecule has 1 N–H and O–H groups in total. The van der Waals surface area contributed by atoms with Gasteiger partial charge in [-0.15, -0.1) is 0 Å². The fourth-order valence-corrected chi connectivity index (χ4v) is 2.44. The lowest BCUT2D eigenvalue weighted by Gasteiger charge is -2.22. The monoisotopic (exact) mass is 325 g/mol. The van der Waals surface area contributed by atoms with Crippen molar-refractivity contribution in [1.82, 2.24) is 15.0 Å². The lowest BCUT2D eigenvalue weighted by molar-refractivity contribution is -0.169. The zero-order valence-electron chi connectivity index (χ0n) is 10.8. The van der Waals surface area contributed by atoms with Crippen LogP contribution in [-0.2, 0) is 16.1 Å². The Balaban J connectivity index is 1.70. The SMILES string of the molecule is Cc1nc2[nH]c(COC3CCCCO3)cc2nc1Br. The van der Waals surface area contributed by atoms with E-state index < -0.39 is 0 Å². The molecule has 3 rings (SSSR count). The van der Waals surface area contributed by atoms with E-state index in [1.807, 2.05) is 13.0 Å². The molecule has 0 aromatic carbocycles. The molecule has 5 nitrogen and oxygen atoms in total. The van der Waals surface area contributed by atoms with Crippen LogP contribution < -0.4 is 0 Å². The average molecular weight is 326 g/mol. The van der Waals surface area contributed by atoms with Gasteiger partial charge in [-0.05, 0) is 48.2 Å². The van der Waals surface area contributed by atoms with E-state index in [4.69, 9.17) is 9.47 Å². The quantitative estimate of drug-likeness (QED) is 0.942. The molecule has 6 heteroatoms. The lowest BCUT2D eigenvalue weighted by Crippen LogP contribution is -2.22. The smallest absolute Gasteiger partial charge is 0.158 e. The molecule has 19 heavy (non-hydrogen) atoms. The van der Waals surface area contributed by atoms with Gasteiger partial charge in [-0.2, -0.15) is 0 Å². The molecular formula is C13H16BrN3O2. The molecule has 0 amide bonds. The minimum atomic E-state index is -0.0745. The summed E-state index contributed by atoms with van der Waals surface area (Å²) < 4.78 is 12.1. The van der Waals surface area contributed by atoms with E-state index in [1.165, 1.54) is 6.42 Å². The van der Waals surface area contributed by atoms with Gasteiger partial charge in [0.25, 0.3) is 0 Å². The summed E-state index contributed by atoms with van der Waals surface area (Å²) in [5, 5.41) is 0. The first-order chi connectivity index (χ1) is 9.22. The topological polar surface area (TPSA) is 60.0 Å². The van der Waals surface area contributed by atoms with E-state index in [9.17, 15) is 0 Å². The molecule has 1 aliphatic heterocycles. The first-order valence-corrected chi connectivity index (χ1v) is 7.26. The second kappa shape index (κ2) is 5.56. The van der Waals surface area contributed by atoms with Crippen LogP contribution in [0.1, 0.15) is 30.7 Å². The number of nitrogens with zero attached hydrogens (tertiary/aromatic N) is 2. The Labute approximate surface area is 119 Å². The van der Waals surface area contributed by atoms with Gasteiger partial charge in [0.2, 0.25) is 0 Å². The highest BCUT2D eigenvalue weighted by Crippen LogP contribution is 2.19. The van der Waals surface area contributed by atoms with Crippen molar-refractivity contribution < 1.29 is 9.47 Å².